The molecular formula is C31H51N3O6. The van der Waals surface area contributed by atoms with E-state index >= 15 is 0 Å². The van der Waals surface area contributed by atoms with Crippen LogP contribution in [0, 0.1) is 51.2 Å². The van der Waals surface area contributed by atoms with Crippen LogP contribution in [-0.4, -0.2) is 53.4 Å². The number of fused-ring (bicyclic) bond motifs is 4. The van der Waals surface area contributed by atoms with Gasteiger partial charge in [-0.15, -0.1) is 0 Å². The van der Waals surface area contributed by atoms with Gasteiger partial charge in [-0.05, 0) is 97.2 Å². The molecule has 9 nitrogen and oxygen atoms in total. The second-order valence-electron chi connectivity index (χ2n) is 15.8. The summed E-state index contributed by atoms with van der Waals surface area (Å²) >= 11 is 0. The van der Waals surface area contributed by atoms with Gasteiger partial charge in [0.25, 0.3) is 0 Å². The molecule has 2 amide bonds. The summed E-state index contributed by atoms with van der Waals surface area (Å²) in [5.41, 5.74) is 17.6. The number of hydrogen-bond acceptors (Lipinski definition) is 7. The molecule has 7 N–H and O–H groups in total. The smallest absolute Gasteiger partial charge is 0.404 e. The van der Waals surface area contributed by atoms with Gasteiger partial charge in [-0.25, -0.2) is 9.59 Å². The molecule has 0 bridgehead atoms. The van der Waals surface area contributed by atoms with Crippen LogP contribution in [0.5, 0.6) is 0 Å². The minimum atomic E-state index is -0.798. The summed E-state index contributed by atoms with van der Waals surface area (Å²) in [6.45, 7) is 13.1. The monoisotopic (exact) mass is 561 g/mol. The molecule has 0 aromatic rings. The number of aliphatic hydroxyl groups is 1. The topological polar surface area (TPSA) is 160 Å². The third kappa shape index (κ3) is 3.37. The Morgan fingerprint density at radius 2 is 1.62 bits per heavy atom. The summed E-state index contributed by atoms with van der Waals surface area (Å²) in [4.78, 5) is 23.4. The molecule has 6 rings (SSSR count). The van der Waals surface area contributed by atoms with E-state index in [1.807, 2.05) is 13.8 Å². The van der Waals surface area contributed by atoms with Crippen LogP contribution in [0.25, 0.3) is 0 Å². The zero-order chi connectivity index (χ0) is 29.2. The van der Waals surface area contributed by atoms with Crippen molar-refractivity contribution < 1.29 is 28.9 Å². The Morgan fingerprint density at radius 1 is 0.975 bits per heavy atom. The Labute approximate surface area is 238 Å². The molecule has 6 aliphatic rings. The third-order valence-electron chi connectivity index (χ3n) is 13.8. The number of rotatable bonds is 4. The highest BCUT2D eigenvalue weighted by molar-refractivity contribution is 5.65. The first-order chi connectivity index (χ1) is 18.6. The third-order valence-corrected chi connectivity index (χ3v) is 13.8. The Hall–Kier alpha value is -1.58. The average molecular weight is 562 g/mol. The van der Waals surface area contributed by atoms with E-state index in [0.717, 1.165) is 51.4 Å². The minimum Gasteiger partial charge on any atom is -0.446 e. The quantitative estimate of drug-likeness (QED) is 0.402. The number of ether oxygens (including phenoxy) is 3. The molecule has 1 aliphatic heterocycles. The average Bonchev–Trinajstić information content (AvgIpc) is 3.48. The van der Waals surface area contributed by atoms with Crippen molar-refractivity contribution in [3.8, 4) is 0 Å². The summed E-state index contributed by atoms with van der Waals surface area (Å²) in [5.74, 6) is 1.06. The number of carbonyl (C=O) groups excluding carboxylic acids is 2. The number of primary amides is 2. The van der Waals surface area contributed by atoms with E-state index in [0.29, 0.717) is 5.92 Å². The molecule has 5 saturated carbocycles. The van der Waals surface area contributed by atoms with Gasteiger partial charge in [-0.3, -0.25) is 0 Å². The molecule has 13 unspecified atom stereocenters. The highest BCUT2D eigenvalue weighted by Gasteiger charge is 2.85. The standard InChI is InChI=1S/C31H51N3O6/c1-15(2)22(40-26(33)37)17-13-16(3)21-23(38-17)24(35)31(34)19-8-7-18-27(4,5)20(39-25(32)36)9-10-29(18)14-30(19,29)12-11-28(21,31)6/h15-24,35H,7-14,34H2,1-6H3,(H2,32,36)(H2,33,37). The largest absolute Gasteiger partial charge is 0.446 e. The normalized spacial score (nSPS) is 52.7. The molecule has 6 fully saturated rings. The van der Waals surface area contributed by atoms with Crippen molar-refractivity contribution in [1.82, 2.24) is 0 Å². The molecule has 40 heavy (non-hydrogen) atoms. The fraction of sp³-hybridized carbons (Fsp3) is 0.935. The first-order valence-corrected chi connectivity index (χ1v) is 15.6. The maximum Gasteiger partial charge on any atom is 0.404 e. The maximum atomic E-state index is 12.2. The lowest BCUT2D eigenvalue weighted by atomic mass is 9.43. The summed E-state index contributed by atoms with van der Waals surface area (Å²) in [6, 6.07) is 0. The van der Waals surface area contributed by atoms with Crippen molar-refractivity contribution in [2.75, 3.05) is 0 Å². The van der Waals surface area contributed by atoms with Crippen LogP contribution in [0.3, 0.4) is 0 Å². The fourth-order valence-corrected chi connectivity index (χ4v) is 12.3. The Kier molecular flexibility index (Phi) is 6.22. The lowest BCUT2D eigenvalue weighted by molar-refractivity contribution is -0.177. The van der Waals surface area contributed by atoms with Gasteiger partial charge in [0.1, 0.15) is 12.2 Å². The molecular weight excluding hydrogens is 510 g/mol. The van der Waals surface area contributed by atoms with Gasteiger partial charge in [0.2, 0.25) is 0 Å². The lowest BCUT2D eigenvalue weighted by Gasteiger charge is -2.63. The van der Waals surface area contributed by atoms with Crippen molar-refractivity contribution >= 4 is 12.2 Å². The highest BCUT2D eigenvalue weighted by atomic mass is 16.6. The van der Waals surface area contributed by atoms with Crippen LogP contribution in [0.4, 0.5) is 9.59 Å². The molecule has 0 radical (unpaired) electrons. The van der Waals surface area contributed by atoms with E-state index in [9.17, 15) is 14.7 Å². The van der Waals surface area contributed by atoms with E-state index in [4.69, 9.17) is 31.4 Å². The molecule has 9 heteroatoms. The number of carbonyl (C=O) groups is 2. The number of nitrogens with two attached hydrogens (primary N) is 3. The SMILES string of the molecule is CC(C)C(OC(N)=O)C1CC(C)C2C(O1)C(O)C1(N)C3CCC4C(C)(C)C(OC(N)=O)CCC45CC35CCC21C. The van der Waals surface area contributed by atoms with E-state index in [1.54, 1.807) is 0 Å². The molecule has 13 atom stereocenters. The molecule has 1 saturated heterocycles. The van der Waals surface area contributed by atoms with Gasteiger partial charge in [0.15, 0.2) is 0 Å². The summed E-state index contributed by atoms with van der Waals surface area (Å²) in [5, 5.41) is 12.2. The van der Waals surface area contributed by atoms with Gasteiger partial charge in [-0.2, -0.15) is 0 Å². The van der Waals surface area contributed by atoms with Crippen LogP contribution in [-0.2, 0) is 14.2 Å². The zero-order valence-electron chi connectivity index (χ0n) is 25.2. The minimum absolute atomic E-state index is 0.0337. The van der Waals surface area contributed by atoms with Crippen molar-refractivity contribution in [3.05, 3.63) is 0 Å². The lowest BCUT2D eigenvalue weighted by Crippen LogP contribution is -2.70. The van der Waals surface area contributed by atoms with Crippen LogP contribution < -0.4 is 17.2 Å². The van der Waals surface area contributed by atoms with Gasteiger partial charge >= 0.3 is 12.2 Å². The van der Waals surface area contributed by atoms with Crippen molar-refractivity contribution in [2.45, 2.75) is 129 Å². The molecule has 5 aliphatic carbocycles. The van der Waals surface area contributed by atoms with E-state index < -0.39 is 36.0 Å². The molecule has 0 aromatic carbocycles. The second kappa shape index (κ2) is 8.73. The Bertz CT molecular complexity index is 1080. The van der Waals surface area contributed by atoms with Crippen LogP contribution in [0.15, 0.2) is 0 Å². The highest BCUT2D eigenvalue weighted by Crippen LogP contribution is 2.87. The molecule has 2 spiro atoms. The van der Waals surface area contributed by atoms with Gasteiger partial charge in [0.05, 0.1) is 23.9 Å². The fourth-order valence-electron chi connectivity index (χ4n) is 12.3. The zero-order valence-corrected chi connectivity index (χ0v) is 25.2. The summed E-state index contributed by atoms with van der Waals surface area (Å²) in [7, 11) is 0. The van der Waals surface area contributed by atoms with Crippen LogP contribution >= 0.6 is 0 Å². The number of aliphatic hydroxyl groups excluding tert-OH is 1. The van der Waals surface area contributed by atoms with Crippen LogP contribution in [0.2, 0.25) is 0 Å². The molecule has 1 heterocycles. The Morgan fingerprint density at radius 3 is 2.25 bits per heavy atom. The van der Waals surface area contributed by atoms with E-state index in [2.05, 4.69) is 27.7 Å². The van der Waals surface area contributed by atoms with Gasteiger partial charge in [0, 0.05) is 5.41 Å². The summed E-state index contributed by atoms with van der Waals surface area (Å²) in [6.07, 6.45) is 4.13. The maximum absolute atomic E-state index is 12.2. The van der Waals surface area contributed by atoms with Crippen LogP contribution in [0.1, 0.15) is 92.9 Å². The number of hydrogen-bond donors (Lipinski definition) is 4. The molecule has 0 aromatic heterocycles. The molecule has 226 valence electrons. The van der Waals surface area contributed by atoms with Crippen molar-refractivity contribution in [1.29, 1.82) is 0 Å². The number of amides is 2. The van der Waals surface area contributed by atoms with Gasteiger partial charge < -0.3 is 36.5 Å². The van der Waals surface area contributed by atoms with E-state index in [-0.39, 0.29) is 57.5 Å². The second-order valence-corrected chi connectivity index (χ2v) is 15.8. The predicted molar refractivity (Wildman–Crippen MR) is 149 cm³/mol. The summed E-state index contributed by atoms with van der Waals surface area (Å²) < 4.78 is 17.9. The van der Waals surface area contributed by atoms with Crippen molar-refractivity contribution in [2.24, 2.45) is 68.5 Å². The van der Waals surface area contributed by atoms with Gasteiger partial charge in [-0.1, -0.05) is 41.5 Å². The van der Waals surface area contributed by atoms with E-state index in [1.165, 1.54) is 0 Å². The first kappa shape index (κ1) is 28.5. The van der Waals surface area contributed by atoms with Crippen molar-refractivity contribution in [3.63, 3.8) is 0 Å². The Balaban J connectivity index is 1.32. The first-order valence-electron chi connectivity index (χ1n) is 15.6. The predicted octanol–water partition coefficient (Wildman–Crippen LogP) is 4.07.